The predicted molar refractivity (Wildman–Crippen MR) is 111 cm³/mol. The van der Waals surface area contributed by atoms with Crippen LogP contribution >= 0.6 is 11.6 Å². The Morgan fingerprint density at radius 1 is 1.11 bits per heavy atom. The molecule has 1 aliphatic heterocycles. The summed E-state index contributed by atoms with van der Waals surface area (Å²) in [4.78, 5) is 18.8. The van der Waals surface area contributed by atoms with Crippen molar-refractivity contribution in [3.05, 3.63) is 59.1 Å². The van der Waals surface area contributed by atoms with Crippen molar-refractivity contribution in [1.82, 2.24) is 15.6 Å². The van der Waals surface area contributed by atoms with Gasteiger partial charge in [-0.05, 0) is 48.6 Å². The smallest absolute Gasteiger partial charge is 0.315 e. The molecule has 0 aliphatic carbocycles. The highest BCUT2D eigenvalue weighted by atomic mass is 35.5. The molecule has 0 saturated carbocycles. The second-order valence-corrected chi connectivity index (χ2v) is 7.52. The van der Waals surface area contributed by atoms with Crippen LogP contribution in [0.15, 0.2) is 52.9 Å². The molecule has 1 aromatic heterocycles. The van der Waals surface area contributed by atoms with Crippen LogP contribution in [0.2, 0.25) is 5.02 Å². The highest BCUT2D eigenvalue weighted by Gasteiger charge is 2.23. The van der Waals surface area contributed by atoms with Crippen LogP contribution in [-0.2, 0) is 6.54 Å². The standard InChI is InChI=1S/C21H23ClN4O2/c22-17-7-5-15(6-8-17)13-23-20(27)24-14-16-9-11-26(12-10-16)21-25-18-3-1-2-4-19(18)28-21/h1-8,16H,9-14H2,(H2,23,24,27). The molecule has 0 unspecified atom stereocenters. The Kier molecular flexibility index (Phi) is 5.67. The first-order valence-corrected chi connectivity index (χ1v) is 9.92. The summed E-state index contributed by atoms with van der Waals surface area (Å²) >= 11 is 5.87. The van der Waals surface area contributed by atoms with Crippen molar-refractivity contribution in [3.8, 4) is 0 Å². The fourth-order valence-electron chi connectivity index (χ4n) is 3.41. The normalized spacial score (nSPS) is 15.0. The largest absolute Gasteiger partial charge is 0.423 e. The van der Waals surface area contributed by atoms with Crippen molar-refractivity contribution < 1.29 is 9.21 Å². The third-order valence-corrected chi connectivity index (χ3v) is 5.34. The average Bonchev–Trinajstić information content (AvgIpc) is 3.16. The van der Waals surface area contributed by atoms with E-state index in [1.807, 2.05) is 48.5 Å². The molecule has 0 spiro atoms. The van der Waals surface area contributed by atoms with Gasteiger partial charge in [0.1, 0.15) is 5.52 Å². The van der Waals surface area contributed by atoms with Gasteiger partial charge in [0.25, 0.3) is 6.01 Å². The van der Waals surface area contributed by atoms with Crippen LogP contribution in [0.3, 0.4) is 0 Å². The van der Waals surface area contributed by atoms with Gasteiger partial charge in [0.05, 0.1) is 0 Å². The summed E-state index contributed by atoms with van der Waals surface area (Å²) in [6.07, 6.45) is 1.99. The van der Waals surface area contributed by atoms with Gasteiger partial charge in [-0.25, -0.2) is 4.79 Å². The Hall–Kier alpha value is -2.73. The highest BCUT2D eigenvalue weighted by molar-refractivity contribution is 6.30. The number of hydrogen-bond donors (Lipinski definition) is 2. The minimum Gasteiger partial charge on any atom is -0.423 e. The molecule has 28 heavy (non-hydrogen) atoms. The number of fused-ring (bicyclic) bond motifs is 1. The Morgan fingerprint density at radius 2 is 1.86 bits per heavy atom. The molecule has 1 aliphatic rings. The first kappa shape index (κ1) is 18.6. The average molecular weight is 399 g/mol. The Bertz CT molecular complexity index is 900. The van der Waals surface area contributed by atoms with Crippen LogP contribution in [0.4, 0.5) is 10.8 Å². The molecule has 3 aromatic rings. The van der Waals surface area contributed by atoms with Gasteiger partial charge in [-0.15, -0.1) is 0 Å². The lowest BCUT2D eigenvalue weighted by Gasteiger charge is -2.30. The van der Waals surface area contributed by atoms with Crippen LogP contribution in [0.25, 0.3) is 11.1 Å². The van der Waals surface area contributed by atoms with Gasteiger partial charge < -0.3 is 20.0 Å². The summed E-state index contributed by atoms with van der Waals surface area (Å²) in [5.41, 5.74) is 2.73. The van der Waals surface area contributed by atoms with Crippen molar-refractivity contribution >= 4 is 34.7 Å². The molecule has 0 bridgehead atoms. The summed E-state index contributed by atoms with van der Waals surface area (Å²) in [5, 5.41) is 6.55. The van der Waals surface area contributed by atoms with E-state index < -0.39 is 0 Å². The van der Waals surface area contributed by atoms with Crippen molar-refractivity contribution in [1.29, 1.82) is 0 Å². The maximum Gasteiger partial charge on any atom is 0.315 e. The second-order valence-electron chi connectivity index (χ2n) is 7.08. The number of benzene rings is 2. The summed E-state index contributed by atoms with van der Waals surface area (Å²) in [7, 11) is 0. The van der Waals surface area contributed by atoms with E-state index in [1.54, 1.807) is 0 Å². The van der Waals surface area contributed by atoms with Gasteiger partial charge in [-0.2, -0.15) is 4.98 Å². The summed E-state index contributed by atoms with van der Waals surface area (Å²) in [6, 6.07) is 15.8. The molecule has 0 radical (unpaired) electrons. The first-order chi connectivity index (χ1) is 13.7. The number of nitrogens with zero attached hydrogens (tertiary/aromatic N) is 2. The third kappa shape index (κ3) is 4.57. The van der Waals surface area contributed by atoms with E-state index in [-0.39, 0.29) is 6.03 Å². The molecular weight excluding hydrogens is 376 g/mol. The third-order valence-electron chi connectivity index (χ3n) is 5.09. The summed E-state index contributed by atoms with van der Waals surface area (Å²) < 4.78 is 5.85. The number of para-hydroxylation sites is 2. The molecule has 6 nitrogen and oxygen atoms in total. The SMILES string of the molecule is O=C(NCc1ccc(Cl)cc1)NCC1CCN(c2nc3ccccc3o2)CC1. The zero-order chi connectivity index (χ0) is 19.3. The number of nitrogens with one attached hydrogen (secondary N) is 2. The van der Waals surface area contributed by atoms with Gasteiger partial charge in [-0.3, -0.25) is 0 Å². The molecule has 0 atom stereocenters. The van der Waals surface area contributed by atoms with E-state index in [4.69, 9.17) is 16.0 Å². The summed E-state index contributed by atoms with van der Waals surface area (Å²) in [5.74, 6) is 0.460. The van der Waals surface area contributed by atoms with Crippen molar-refractivity contribution in [2.75, 3.05) is 24.5 Å². The molecule has 2 amide bonds. The van der Waals surface area contributed by atoms with Crippen LogP contribution in [0.1, 0.15) is 18.4 Å². The number of carbonyl (C=O) groups is 1. The van der Waals surface area contributed by atoms with Gasteiger partial charge >= 0.3 is 6.03 Å². The quantitative estimate of drug-likeness (QED) is 0.675. The van der Waals surface area contributed by atoms with E-state index >= 15 is 0 Å². The fraction of sp³-hybridized carbons (Fsp3) is 0.333. The van der Waals surface area contributed by atoms with E-state index in [0.717, 1.165) is 42.6 Å². The molecule has 2 N–H and O–H groups in total. The van der Waals surface area contributed by atoms with Crippen molar-refractivity contribution in [2.24, 2.45) is 5.92 Å². The summed E-state index contributed by atoms with van der Waals surface area (Å²) in [6.45, 7) is 2.92. The second kappa shape index (κ2) is 8.52. The van der Waals surface area contributed by atoms with Crippen LogP contribution < -0.4 is 15.5 Å². The Labute approximate surface area is 168 Å². The topological polar surface area (TPSA) is 70.4 Å². The Morgan fingerprint density at radius 3 is 2.61 bits per heavy atom. The molecule has 4 rings (SSSR count). The lowest BCUT2D eigenvalue weighted by molar-refractivity contribution is 0.237. The molecule has 1 fully saturated rings. The van der Waals surface area contributed by atoms with E-state index in [0.29, 0.717) is 30.0 Å². The minimum atomic E-state index is -0.142. The van der Waals surface area contributed by atoms with Gasteiger partial charge in [0, 0.05) is 31.2 Å². The lowest BCUT2D eigenvalue weighted by atomic mass is 9.97. The molecule has 2 heterocycles. The van der Waals surface area contributed by atoms with E-state index in [9.17, 15) is 4.79 Å². The number of hydrogen-bond acceptors (Lipinski definition) is 4. The fourth-order valence-corrected chi connectivity index (χ4v) is 3.53. The minimum absolute atomic E-state index is 0.142. The van der Waals surface area contributed by atoms with Crippen LogP contribution in [0.5, 0.6) is 0 Å². The molecular formula is C21H23ClN4O2. The van der Waals surface area contributed by atoms with Crippen molar-refractivity contribution in [3.63, 3.8) is 0 Å². The van der Waals surface area contributed by atoms with E-state index in [2.05, 4.69) is 20.5 Å². The molecule has 7 heteroatoms. The Balaban J connectivity index is 1.20. The number of oxazole rings is 1. The monoisotopic (exact) mass is 398 g/mol. The number of carbonyl (C=O) groups excluding carboxylic acids is 1. The molecule has 1 saturated heterocycles. The number of rotatable bonds is 5. The highest BCUT2D eigenvalue weighted by Crippen LogP contribution is 2.26. The van der Waals surface area contributed by atoms with Gasteiger partial charge in [0.2, 0.25) is 0 Å². The lowest BCUT2D eigenvalue weighted by Crippen LogP contribution is -2.41. The van der Waals surface area contributed by atoms with E-state index in [1.165, 1.54) is 0 Å². The number of urea groups is 1. The number of piperidine rings is 1. The molecule has 2 aromatic carbocycles. The zero-order valence-corrected chi connectivity index (χ0v) is 16.3. The first-order valence-electron chi connectivity index (χ1n) is 9.54. The van der Waals surface area contributed by atoms with Gasteiger partial charge in [-0.1, -0.05) is 35.9 Å². The van der Waals surface area contributed by atoms with Crippen LogP contribution in [0, 0.1) is 5.92 Å². The maximum absolute atomic E-state index is 12.0. The number of anilines is 1. The van der Waals surface area contributed by atoms with Gasteiger partial charge in [0.15, 0.2) is 5.58 Å². The van der Waals surface area contributed by atoms with Crippen molar-refractivity contribution in [2.45, 2.75) is 19.4 Å². The molecule has 146 valence electrons. The predicted octanol–water partition coefficient (Wildman–Crippen LogP) is 4.20. The number of amides is 2. The zero-order valence-electron chi connectivity index (χ0n) is 15.5. The maximum atomic E-state index is 12.0. The van der Waals surface area contributed by atoms with Crippen LogP contribution in [-0.4, -0.2) is 30.6 Å². The number of halogens is 1. The number of aromatic nitrogens is 1.